The third-order valence-corrected chi connectivity index (χ3v) is 4.78. The summed E-state index contributed by atoms with van der Waals surface area (Å²) >= 11 is 3.30. The summed E-state index contributed by atoms with van der Waals surface area (Å²) in [6, 6.07) is 4.46. The molecule has 0 bridgehead atoms. The minimum absolute atomic E-state index is 0. The summed E-state index contributed by atoms with van der Waals surface area (Å²) in [5, 5.41) is 2.91. The number of hydrogen-bond donors (Lipinski definition) is 2. The molecule has 1 aromatic rings. The van der Waals surface area contributed by atoms with Gasteiger partial charge in [-0.15, -0.1) is 12.4 Å². The number of benzene rings is 1. The predicted molar refractivity (Wildman–Crippen MR) is 87.7 cm³/mol. The van der Waals surface area contributed by atoms with Crippen molar-refractivity contribution in [3.05, 3.63) is 34.1 Å². The van der Waals surface area contributed by atoms with Crippen molar-refractivity contribution in [2.45, 2.75) is 44.7 Å². The van der Waals surface area contributed by atoms with Crippen molar-refractivity contribution in [3.8, 4) is 0 Å². The summed E-state index contributed by atoms with van der Waals surface area (Å²) in [5.74, 6) is -0.449. The van der Waals surface area contributed by atoms with Crippen LogP contribution in [-0.2, 0) is 11.3 Å². The maximum Gasteiger partial charge on any atom is 0.225 e. The van der Waals surface area contributed by atoms with Crippen molar-refractivity contribution in [3.63, 3.8) is 0 Å². The van der Waals surface area contributed by atoms with Crippen molar-refractivity contribution in [2.24, 2.45) is 11.7 Å². The first-order valence-corrected chi connectivity index (χ1v) is 7.70. The molecule has 2 unspecified atom stereocenters. The first kappa shape index (κ1) is 18.4. The third kappa shape index (κ3) is 4.66. The third-order valence-electron chi connectivity index (χ3n) is 4.04. The second kappa shape index (κ2) is 7.56. The van der Waals surface area contributed by atoms with Gasteiger partial charge in [0, 0.05) is 16.6 Å². The first-order chi connectivity index (χ1) is 9.40. The Morgan fingerprint density at radius 2 is 2.24 bits per heavy atom. The Hall–Kier alpha value is -0.650. The number of carbonyl (C=O) groups is 1. The summed E-state index contributed by atoms with van der Waals surface area (Å²) in [6.07, 6.45) is 3.85. The molecule has 1 aliphatic rings. The Labute approximate surface area is 139 Å². The highest BCUT2D eigenvalue weighted by molar-refractivity contribution is 9.10. The SMILES string of the molecule is CC1(N)CCCCC1C(=O)NCc1ccc(F)cc1Br.Cl. The van der Waals surface area contributed by atoms with Crippen LogP contribution in [0.25, 0.3) is 0 Å². The summed E-state index contributed by atoms with van der Waals surface area (Å²) in [4.78, 5) is 12.3. The zero-order valence-corrected chi connectivity index (χ0v) is 14.4. The summed E-state index contributed by atoms with van der Waals surface area (Å²) in [5.41, 5.74) is 6.65. The van der Waals surface area contributed by atoms with Crippen LogP contribution in [0.1, 0.15) is 38.2 Å². The van der Waals surface area contributed by atoms with Crippen LogP contribution in [0.15, 0.2) is 22.7 Å². The van der Waals surface area contributed by atoms with Gasteiger partial charge in [-0.1, -0.05) is 34.8 Å². The number of halogens is 3. The van der Waals surface area contributed by atoms with Gasteiger partial charge in [0.2, 0.25) is 5.91 Å². The highest BCUT2D eigenvalue weighted by atomic mass is 79.9. The summed E-state index contributed by atoms with van der Waals surface area (Å²) < 4.78 is 13.7. The number of nitrogens with one attached hydrogen (secondary N) is 1. The molecule has 1 amide bonds. The molecule has 21 heavy (non-hydrogen) atoms. The molecule has 2 atom stereocenters. The monoisotopic (exact) mass is 378 g/mol. The van der Waals surface area contributed by atoms with Crippen molar-refractivity contribution in [1.29, 1.82) is 0 Å². The average molecular weight is 380 g/mol. The molecular formula is C15H21BrClFN2O. The molecule has 6 heteroatoms. The fourth-order valence-corrected chi connectivity index (χ4v) is 3.25. The molecule has 0 aromatic heterocycles. The summed E-state index contributed by atoms with van der Waals surface area (Å²) in [7, 11) is 0. The number of nitrogens with two attached hydrogens (primary N) is 1. The Balaban J connectivity index is 0.00000220. The maximum atomic E-state index is 13.0. The lowest BCUT2D eigenvalue weighted by Gasteiger charge is -2.37. The van der Waals surface area contributed by atoms with Crippen molar-refractivity contribution < 1.29 is 9.18 Å². The number of hydrogen-bond acceptors (Lipinski definition) is 2. The van der Waals surface area contributed by atoms with Crippen LogP contribution in [0, 0.1) is 11.7 Å². The van der Waals surface area contributed by atoms with Gasteiger partial charge in [0.1, 0.15) is 5.82 Å². The minimum Gasteiger partial charge on any atom is -0.352 e. The molecule has 0 heterocycles. The fraction of sp³-hybridized carbons (Fsp3) is 0.533. The van der Waals surface area contributed by atoms with Gasteiger partial charge in [0.15, 0.2) is 0 Å². The van der Waals surface area contributed by atoms with Crippen LogP contribution in [-0.4, -0.2) is 11.4 Å². The molecule has 0 spiro atoms. The van der Waals surface area contributed by atoms with Crippen molar-refractivity contribution in [2.75, 3.05) is 0 Å². The average Bonchev–Trinajstić information content (AvgIpc) is 2.37. The Kier molecular flexibility index (Phi) is 6.63. The molecule has 3 nitrogen and oxygen atoms in total. The number of carbonyl (C=O) groups excluding carboxylic acids is 1. The van der Waals surface area contributed by atoms with E-state index in [2.05, 4.69) is 21.2 Å². The van der Waals surface area contributed by atoms with E-state index in [-0.39, 0.29) is 30.0 Å². The molecule has 0 aliphatic heterocycles. The lowest BCUT2D eigenvalue weighted by molar-refractivity contribution is -0.128. The van der Waals surface area contributed by atoms with Crippen LogP contribution >= 0.6 is 28.3 Å². The van der Waals surface area contributed by atoms with Gasteiger partial charge in [-0.2, -0.15) is 0 Å². The topological polar surface area (TPSA) is 55.1 Å². The zero-order chi connectivity index (χ0) is 14.8. The van der Waals surface area contributed by atoms with E-state index in [0.717, 1.165) is 31.2 Å². The van der Waals surface area contributed by atoms with Gasteiger partial charge >= 0.3 is 0 Å². The Morgan fingerprint density at radius 3 is 2.86 bits per heavy atom. The molecule has 118 valence electrons. The van der Waals surface area contributed by atoms with E-state index in [1.54, 1.807) is 6.07 Å². The van der Waals surface area contributed by atoms with E-state index in [1.807, 2.05) is 6.92 Å². The first-order valence-electron chi connectivity index (χ1n) is 6.91. The van der Waals surface area contributed by atoms with Crippen LogP contribution in [0.3, 0.4) is 0 Å². The molecule has 1 aliphatic carbocycles. The van der Waals surface area contributed by atoms with Gasteiger partial charge in [0.05, 0.1) is 5.92 Å². The molecule has 0 saturated heterocycles. The number of amides is 1. The Bertz CT molecular complexity index is 510. The van der Waals surface area contributed by atoms with Crippen LogP contribution in [0.4, 0.5) is 4.39 Å². The molecular weight excluding hydrogens is 359 g/mol. The normalized spacial score (nSPS) is 25.0. The number of rotatable bonds is 3. The lowest BCUT2D eigenvalue weighted by Crippen LogP contribution is -2.52. The zero-order valence-electron chi connectivity index (χ0n) is 12.0. The van der Waals surface area contributed by atoms with E-state index in [0.29, 0.717) is 11.0 Å². The fourth-order valence-electron chi connectivity index (χ4n) is 2.76. The van der Waals surface area contributed by atoms with Gasteiger partial charge in [-0.25, -0.2) is 4.39 Å². The quantitative estimate of drug-likeness (QED) is 0.844. The molecule has 1 saturated carbocycles. The molecule has 0 radical (unpaired) electrons. The van der Waals surface area contributed by atoms with Gasteiger partial charge in [0.25, 0.3) is 0 Å². The van der Waals surface area contributed by atoms with Gasteiger partial charge in [-0.05, 0) is 37.5 Å². The van der Waals surface area contributed by atoms with E-state index in [1.165, 1.54) is 12.1 Å². The largest absolute Gasteiger partial charge is 0.352 e. The van der Waals surface area contributed by atoms with Crippen molar-refractivity contribution >= 4 is 34.2 Å². The standard InChI is InChI=1S/C15H20BrFN2O.ClH/c1-15(18)7-3-2-4-12(15)14(20)19-9-10-5-6-11(17)8-13(10)16;/h5-6,8,12H,2-4,7,9,18H2,1H3,(H,19,20);1H. The van der Waals surface area contributed by atoms with Crippen molar-refractivity contribution in [1.82, 2.24) is 5.32 Å². The van der Waals surface area contributed by atoms with Crippen LogP contribution in [0.2, 0.25) is 0 Å². The second-order valence-corrected chi connectivity index (χ2v) is 6.61. The lowest BCUT2D eigenvalue weighted by atomic mass is 9.74. The van der Waals surface area contributed by atoms with Gasteiger partial charge in [-0.3, -0.25) is 4.79 Å². The second-order valence-electron chi connectivity index (χ2n) is 5.76. The molecule has 2 rings (SSSR count). The van der Waals surface area contributed by atoms with Crippen LogP contribution in [0.5, 0.6) is 0 Å². The van der Waals surface area contributed by atoms with E-state index >= 15 is 0 Å². The highest BCUT2D eigenvalue weighted by Gasteiger charge is 2.37. The molecule has 1 aromatic carbocycles. The van der Waals surface area contributed by atoms with Crippen LogP contribution < -0.4 is 11.1 Å². The van der Waals surface area contributed by atoms with Gasteiger partial charge < -0.3 is 11.1 Å². The minimum atomic E-state index is -0.428. The molecule has 1 fully saturated rings. The predicted octanol–water partition coefficient (Wildman–Crippen LogP) is 3.53. The van der Waals surface area contributed by atoms with E-state index < -0.39 is 5.54 Å². The smallest absolute Gasteiger partial charge is 0.225 e. The maximum absolute atomic E-state index is 13.0. The summed E-state index contributed by atoms with van der Waals surface area (Å²) in [6.45, 7) is 2.33. The highest BCUT2D eigenvalue weighted by Crippen LogP contribution is 2.31. The van der Waals surface area contributed by atoms with E-state index in [4.69, 9.17) is 5.73 Å². The van der Waals surface area contributed by atoms with E-state index in [9.17, 15) is 9.18 Å². The Morgan fingerprint density at radius 1 is 1.52 bits per heavy atom. The molecule has 3 N–H and O–H groups in total.